The Morgan fingerprint density at radius 1 is 1.45 bits per heavy atom. The first-order chi connectivity index (χ1) is 9.72. The Morgan fingerprint density at radius 2 is 2.30 bits per heavy atom. The van der Waals surface area contributed by atoms with Gasteiger partial charge in [0.1, 0.15) is 0 Å². The minimum absolute atomic E-state index is 0.0305. The molecule has 0 spiro atoms. The molecule has 0 aliphatic heterocycles. The van der Waals surface area contributed by atoms with Crippen molar-refractivity contribution in [2.75, 3.05) is 20.3 Å². The zero-order valence-electron chi connectivity index (χ0n) is 11.6. The first-order valence-electron chi connectivity index (χ1n) is 6.44. The molecular formula is C13H18ClN5O. The summed E-state index contributed by atoms with van der Waals surface area (Å²) in [4.78, 5) is 0. The summed E-state index contributed by atoms with van der Waals surface area (Å²) in [5.74, 6) is 0.786. The van der Waals surface area contributed by atoms with Crippen LogP contribution < -0.4 is 5.32 Å². The van der Waals surface area contributed by atoms with E-state index in [1.54, 1.807) is 11.8 Å². The van der Waals surface area contributed by atoms with Gasteiger partial charge in [-0.05, 0) is 35.0 Å². The number of tetrazole rings is 1. The molecular weight excluding hydrogens is 278 g/mol. The van der Waals surface area contributed by atoms with Gasteiger partial charge in [-0.15, -0.1) is 5.10 Å². The van der Waals surface area contributed by atoms with Gasteiger partial charge in [-0.3, -0.25) is 0 Å². The van der Waals surface area contributed by atoms with E-state index >= 15 is 0 Å². The number of rotatable bonds is 7. The molecule has 1 N–H and O–H groups in total. The highest BCUT2D eigenvalue weighted by molar-refractivity contribution is 6.30. The van der Waals surface area contributed by atoms with Crippen LogP contribution in [-0.2, 0) is 11.3 Å². The molecule has 0 aliphatic carbocycles. The van der Waals surface area contributed by atoms with E-state index in [1.165, 1.54) is 0 Å². The molecule has 20 heavy (non-hydrogen) atoms. The summed E-state index contributed by atoms with van der Waals surface area (Å²) in [6.07, 6.45) is 0. The summed E-state index contributed by atoms with van der Waals surface area (Å²) in [7, 11) is 1.67. The van der Waals surface area contributed by atoms with Crippen molar-refractivity contribution in [3.05, 3.63) is 40.7 Å². The quantitative estimate of drug-likeness (QED) is 0.787. The summed E-state index contributed by atoms with van der Waals surface area (Å²) in [6.45, 7) is 4.06. The lowest BCUT2D eigenvalue weighted by Gasteiger charge is -2.14. The van der Waals surface area contributed by atoms with E-state index < -0.39 is 0 Å². The number of nitrogens with one attached hydrogen (secondary N) is 1. The predicted molar refractivity (Wildman–Crippen MR) is 76.7 cm³/mol. The standard InChI is InChI=1S/C13H18ClN5O/c1-10(11-4-3-5-12(14)8-11)19-13(16-17-18-19)9-15-6-7-20-2/h3-5,8,10,15H,6-7,9H2,1-2H3. The largest absolute Gasteiger partial charge is 0.383 e. The van der Waals surface area contributed by atoms with Gasteiger partial charge in [-0.25, -0.2) is 4.68 Å². The number of hydrogen-bond acceptors (Lipinski definition) is 5. The van der Waals surface area contributed by atoms with Crippen molar-refractivity contribution < 1.29 is 4.74 Å². The third-order valence-corrected chi connectivity index (χ3v) is 3.26. The zero-order valence-corrected chi connectivity index (χ0v) is 12.3. The highest BCUT2D eigenvalue weighted by Crippen LogP contribution is 2.20. The average molecular weight is 296 g/mol. The van der Waals surface area contributed by atoms with Crippen molar-refractivity contribution in [1.82, 2.24) is 25.5 Å². The first-order valence-corrected chi connectivity index (χ1v) is 6.82. The van der Waals surface area contributed by atoms with Gasteiger partial charge < -0.3 is 10.1 Å². The van der Waals surface area contributed by atoms with E-state index in [1.807, 2.05) is 31.2 Å². The molecule has 2 rings (SSSR count). The zero-order chi connectivity index (χ0) is 14.4. The molecule has 2 aromatic rings. The minimum Gasteiger partial charge on any atom is -0.383 e. The fourth-order valence-corrected chi connectivity index (χ4v) is 2.11. The van der Waals surface area contributed by atoms with Crippen molar-refractivity contribution in [3.8, 4) is 0 Å². The predicted octanol–water partition coefficient (Wildman–Crippen LogP) is 1.67. The molecule has 6 nitrogen and oxygen atoms in total. The monoisotopic (exact) mass is 295 g/mol. The number of ether oxygens (including phenoxy) is 1. The van der Waals surface area contributed by atoms with Gasteiger partial charge in [-0.1, -0.05) is 23.7 Å². The number of aromatic nitrogens is 4. The van der Waals surface area contributed by atoms with Gasteiger partial charge in [0, 0.05) is 18.7 Å². The molecule has 1 unspecified atom stereocenters. The smallest absolute Gasteiger partial charge is 0.165 e. The van der Waals surface area contributed by atoms with Crippen LogP contribution in [0.2, 0.25) is 5.02 Å². The van der Waals surface area contributed by atoms with E-state index in [0.717, 1.165) is 17.9 Å². The van der Waals surface area contributed by atoms with Crippen molar-refractivity contribution in [2.24, 2.45) is 0 Å². The Labute approximate surface area is 123 Å². The fourth-order valence-electron chi connectivity index (χ4n) is 1.91. The normalized spacial score (nSPS) is 12.6. The van der Waals surface area contributed by atoms with Crippen LogP contribution in [0, 0.1) is 0 Å². The first kappa shape index (κ1) is 14.9. The number of halogens is 1. The van der Waals surface area contributed by atoms with Crippen molar-refractivity contribution >= 4 is 11.6 Å². The average Bonchev–Trinajstić information content (AvgIpc) is 2.91. The molecule has 0 saturated carbocycles. The van der Waals surface area contributed by atoms with E-state index in [4.69, 9.17) is 16.3 Å². The summed E-state index contributed by atoms with van der Waals surface area (Å²) in [6, 6.07) is 7.75. The SMILES string of the molecule is COCCNCc1nnnn1C(C)c1cccc(Cl)c1. The molecule has 0 radical (unpaired) electrons. The van der Waals surface area contributed by atoms with Crippen LogP contribution >= 0.6 is 11.6 Å². The van der Waals surface area contributed by atoms with Crippen LogP contribution in [0.5, 0.6) is 0 Å². The van der Waals surface area contributed by atoms with Crippen LogP contribution in [-0.4, -0.2) is 40.5 Å². The summed E-state index contributed by atoms with van der Waals surface area (Å²) >= 11 is 6.02. The van der Waals surface area contributed by atoms with Crippen LogP contribution in [0.1, 0.15) is 24.4 Å². The van der Waals surface area contributed by atoms with E-state index in [9.17, 15) is 0 Å². The maximum atomic E-state index is 6.02. The van der Waals surface area contributed by atoms with Gasteiger partial charge >= 0.3 is 0 Å². The lowest BCUT2D eigenvalue weighted by Crippen LogP contribution is -2.22. The maximum absolute atomic E-state index is 6.02. The third-order valence-electron chi connectivity index (χ3n) is 3.02. The number of benzene rings is 1. The summed E-state index contributed by atoms with van der Waals surface area (Å²) in [5, 5.41) is 15.8. The van der Waals surface area contributed by atoms with Crippen molar-refractivity contribution in [1.29, 1.82) is 0 Å². The number of methoxy groups -OCH3 is 1. The second kappa shape index (κ2) is 7.33. The van der Waals surface area contributed by atoms with Crippen molar-refractivity contribution in [2.45, 2.75) is 19.5 Å². The topological polar surface area (TPSA) is 64.9 Å². The fraction of sp³-hybridized carbons (Fsp3) is 0.462. The Hall–Kier alpha value is -1.50. The molecule has 1 heterocycles. The molecule has 0 bridgehead atoms. The highest BCUT2D eigenvalue weighted by atomic mass is 35.5. The Balaban J connectivity index is 2.07. The van der Waals surface area contributed by atoms with Crippen LogP contribution in [0.3, 0.4) is 0 Å². The molecule has 7 heteroatoms. The lowest BCUT2D eigenvalue weighted by molar-refractivity contribution is 0.198. The summed E-state index contributed by atoms with van der Waals surface area (Å²) < 4.78 is 6.78. The molecule has 1 atom stereocenters. The van der Waals surface area contributed by atoms with Crippen LogP contribution in [0.15, 0.2) is 24.3 Å². The second-order valence-corrected chi connectivity index (χ2v) is 4.88. The van der Waals surface area contributed by atoms with E-state index in [0.29, 0.717) is 18.2 Å². The van der Waals surface area contributed by atoms with Gasteiger partial charge in [0.2, 0.25) is 0 Å². The van der Waals surface area contributed by atoms with Crippen LogP contribution in [0.25, 0.3) is 0 Å². The van der Waals surface area contributed by atoms with E-state index in [-0.39, 0.29) is 6.04 Å². The molecule has 108 valence electrons. The Bertz CT molecular complexity index is 545. The molecule has 1 aromatic heterocycles. The Morgan fingerprint density at radius 3 is 3.05 bits per heavy atom. The van der Waals surface area contributed by atoms with E-state index in [2.05, 4.69) is 20.8 Å². The molecule has 1 aromatic carbocycles. The van der Waals surface area contributed by atoms with Crippen molar-refractivity contribution in [3.63, 3.8) is 0 Å². The van der Waals surface area contributed by atoms with Gasteiger partial charge in [0.05, 0.1) is 19.2 Å². The maximum Gasteiger partial charge on any atom is 0.165 e. The highest BCUT2D eigenvalue weighted by Gasteiger charge is 2.14. The van der Waals surface area contributed by atoms with Gasteiger partial charge in [0.15, 0.2) is 5.82 Å². The summed E-state index contributed by atoms with van der Waals surface area (Å²) in [5.41, 5.74) is 1.07. The third kappa shape index (κ3) is 3.75. The molecule has 0 saturated heterocycles. The molecule has 0 fully saturated rings. The molecule has 0 amide bonds. The molecule has 0 aliphatic rings. The van der Waals surface area contributed by atoms with Gasteiger partial charge in [0.25, 0.3) is 0 Å². The number of nitrogens with zero attached hydrogens (tertiary/aromatic N) is 4. The van der Waals surface area contributed by atoms with Crippen LogP contribution in [0.4, 0.5) is 0 Å². The number of hydrogen-bond donors (Lipinski definition) is 1. The second-order valence-electron chi connectivity index (χ2n) is 4.44. The Kier molecular flexibility index (Phi) is 5.46. The lowest BCUT2D eigenvalue weighted by atomic mass is 10.1. The minimum atomic E-state index is 0.0305. The van der Waals surface area contributed by atoms with Gasteiger partial charge in [-0.2, -0.15) is 0 Å².